The van der Waals surface area contributed by atoms with Crippen LogP contribution in [-0.4, -0.2) is 23.2 Å². The Bertz CT molecular complexity index is 373. The van der Waals surface area contributed by atoms with E-state index in [-0.39, 0.29) is 0 Å². The Morgan fingerprint density at radius 1 is 1.28 bits per heavy atom. The summed E-state index contributed by atoms with van der Waals surface area (Å²) in [5.74, 6) is 1.11. The number of rotatable bonds is 5. The van der Waals surface area contributed by atoms with E-state index in [1.807, 2.05) is 18.2 Å². The summed E-state index contributed by atoms with van der Waals surface area (Å²) in [6.45, 7) is 2.12. The molecule has 100 valence electrons. The third-order valence-electron chi connectivity index (χ3n) is 3.79. The van der Waals surface area contributed by atoms with Crippen molar-refractivity contribution >= 4 is 15.9 Å². The number of nitrogens with zero attached hydrogens (tertiary/aromatic N) is 1. The minimum Gasteiger partial charge on any atom is -0.396 e. The highest BCUT2D eigenvalue weighted by Gasteiger charge is 2.23. The molecule has 1 aliphatic carbocycles. The highest BCUT2D eigenvalue weighted by molar-refractivity contribution is 9.10. The first-order chi connectivity index (χ1) is 8.79. The summed E-state index contributed by atoms with van der Waals surface area (Å²) in [6, 6.07) is 5.97. The molecule has 18 heavy (non-hydrogen) atoms. The first-order valence-electron chi connectivity index (χ1n) is 6.72. The molecule has 0 radical (unpaired) electrons. The predicted molar refractivity (Wildman–Crippen MR) is 76.2 cm³/mol. The van der Waals surface area contributed by atoms with Gasteiger partial charge in [-0.3, -0.25) is 0 Å². The van der Waals surface area contributed by atoms with E-state index in [1.165, 1.54) is 25.7 Å². The van der Waals surface area contributed by atoms with E-state index in [1.54, 1.807) is 0 Å². The largest absolute Gasteiger partial charge is 0.396 e. The van der Waals surface area contributed by atoms with Gasteiger partial charge >= 0.3 is 0 Å². The molecular weight excluding hydrogens is 292 g/mol. The smallest absolute Gasteiger partial charge is 0.106 e. The molecule has 4 heteroatoms. The summed E-state index contributed by atoms with van der Waals surface area (Å²) in [4.78, 5) is 4.40. The maximum atomic E-state index is 9.37. The van der Waals surface area contributed by atoms with Crippen molar-refractivity contribution in [2.75, 3.05) is 13.2 Å². The number of hydrogen-bond donors (Lipinski definition) is 2. The van der Waals surface area contributed by atoms with Gasteiger partial charge in [-0.1, -0.05) is 18.9 Å². The minimum absolute atomic E-state index is 0.335. The molecule has 1 heterocycles. The molecule has 1 aromatic heterocycles. The first-order valence-corrected chi connectivity index (χ1v) is 7.52. The summed E-state index contributed by atoms with van der Waals surface area (Å²) in [5.41, 5.74) is 1.06. The van der Waals surface area contributed by atoms with E-state index >= 15 is 0 Å². The second-order valence-corrected chi connectivity index (χ2v) is 5.88. The molecule has 0 amide bonds. The van der Waals surface area contributed by atoms with Gasteiger partial charge in [-0.2, -0.15) is 0 Å². The number of aromatic nitrogens is 1. The molecular formula is C14H21BrN2O. The van der Waals surface area contributed by atoms with Gasteiger partial charge in [0, 0.05) is 13.2 Å². The zero-order chi connectivity index (χ0) is 12.8. The van der Waals surface area contributed by atoms with Crippen LogP contribution in [0.4, 0.5) is 0 Å². The number of hydrogen-bond acceptors (Lipinski definition) is 3. The van der Waals surface area contributed by atoms with Gasteiger partial charge in [-0.05, 0) is 59.3 Å². The van der Waals surface area contributed by atoms with Crippen LogP contribution in [0.3, 0.4) is 0 Å². The van der Waals surface area contributed by atoms with Crippen molar-refractivity contribution < 1.29 is 5.11 Å². The normalized spacial score (nSPS) is 24.1. The van der Waals surface area contributed by atoms with E-state index in [9.17, 15) is 5.11 Å². The van der Waals surface area contributed by atoms with Crippen molar-refractivity contribution in [3.63, 3.8) is 0 Å². The van der Waals surface area contributed by atoms with Gasteiger partial charge < -0.3 is 10.4 Å². The molecule has 1 fully saturated rings. The highest BCUT2D eigenvalue weighted by Crippen LogP contribution is 2.29. The maximum absolute atomic E-state index is 9.37. The second kappa shape index (κ2) is 7.22. The van der Waals surface area contributed by atoms with Crippen LogP contribution < -0.4 is 5.32 Å². The predicted octanol–water partition coefficient (Wildman–Crippen LogP) is 2.73. The fraction of sp³-hybridized carbons (Fsp3) is 0.643. The molecule has 1 saturated carbocycles. The van der Waals surface area contributed by atoms with Crippen LogP contribution in [0.1, 0.15) is 31.4 Å². The molecule has 0 bridgehead atoms. The minimum atomic E-state index is 0.335. The van der Waals surface area contributed by atoms with Crippen LogP contribution in [-0.2, 0) is 6.54 Å². The first kappa shape index (κ1) is 14.0. The van der Waals surface area contributed by atoms with Gasteiger partial charge in [0.25, 0.3) is 0 Å². The zero-order valence-corrected chi connectivity index (χ0v) is 12.2. The van der Waals surface area contributed by atoms with Crippen LogP contribution in [0.5, 0.6) is 0 Å². The Labute approximate surface area is 117 Å². The number of pyridine rings is 1. The Morgan fingerprint density at radius 3 is 2.78 bits per heavy atom. The van der Waals surface area contributed by atoms with Crippen LogP contribution in [0.2, 0.25) is 0 Å². The second-order valence-electron chi connectivity index (χ2n) is 5.07. The Kier molecular flexibility index (Phi) is 5.60. The fourth-order valence-corrected chi connectivity index (χ4v) is 3.11. The molecule has 2 N–H and O–H groups in total. The topological polar surface area (TPSA) is 45.1 Å². The lowest BCUT2D eigenvalue weighted by molar-refractivity contribution is 0.133. The summed E-state index contributed by atoms with van der Waals surface area (Å²) in [6.07, 6.45) is 5.00. The van der Waals surface area contributed by atoms with Crippen molar-refractivity contribution in [2.45, 2.75) is 32.2 Å². The summed E-state index contributed by atoms with van der Waals surface area (Å²) in [7, 11) is 0. The van der Waals surface area contributed by atoms with Crippen molar-refractivity contribution in [3.8, 4) is 0 Å². The average Bonchev–Trinajstić information content (AvgIpc) is 2.39. The van der Waals surface area contributed by atoms with Crippen molar-refractivity contribution in [1.82, 2.24) is 10.3 Å². The van der Waals surface area contributed by atoms with Crippen LogP contribution in [0.15, 0.2) is 22.8 Å². The number of halogens is 1. The van der Waals surface area contributed by atoms with E-state index < -0.39 is 0 Å². The van der Waals surface area contributed by atoms with Crippen molar-refractivity contribution in [2.24, 2.45) is 11.8 Å². The molecule has 0 aliphatic heterocycles. The van der Waals surface area contributed by atoms with Crippen LogP contribution in [0, 0.1) is 11.8 Å². The Morgan fingerprint density at radius 2 is 2.06 bits per heavy atom. The Balaban J connectivity index is 1.77. The van der Waals surface area contributed by atoms with E-state index in [2.05, 4.69) is 26.2 Å². The lowest BCUT2D eigenvalue weighted by atomic mass is 9.79. The SMILES string of the molecule is OCC1CCCCC1CNCc1cccc(Br)n1. The van der Waals surface area contributed by atoms with Gasteiger partial charge in [0.1, 0.15) is 4.60 Å². The van der Waals surface area contributed by atoms with E-state index in [4.69, 9.17) is 0 Å². The number of nitrogens with one attached hydrogen (secondary N) is 1. The van der Waals surface area contributed by atoms with Gasteiger partial charge in [-0.15, -0.1) is 0 Å². The zero-order valence-electron chi connectivity index (χ0n) is 10.6. The third kappa shape index (κ3) is 4.04. The van der Waals surface area contributed by atoms with Crippen LogP contribution in [0.25, 0.3) is 0 Å². The van der Waals surface area contributed by atoms with E-state index in [0.717, 1.165) is 23.4 Å². The maximum Gasteiger partial charge on any atom is 0.106 e. The summed E-state index contributed by atoms with van der Waals surface area (Å²) in [5, 5.41) is 12.8. The van der Waals surface area contributed by atoms with Gasteiger partial charge in [-0.25, -0.2) is 4.98 Å². The molecule has 2 rings (SSSR count). The lowest BCUT2D eigenvalue weighted by Crippen LogP contribution is -2.32. The Hall–Kier alpha value is -0.450. The molecule has 2 unspecified atom stereocenters. The fourth-order valence-electron chi connectivity index (χ4n) is 2.73. The van der Waals surface area contributed by atoms with Crippen molar-refractivity contribution in [1.29, 1.82) is 0 Å². The molecule has 0 saturated heterocycles. The highest BCUT2D eigenvalue weighted by atomic mass is 79.9. The van der Waals surface area contributed by atoms with Gasteiger partial charge in [0.05, 0.1) is 5.69 Å². The molecule has 3 nitrogen and oxygen atoms in total. The van der Waals surface area contributed by atoms with E-state index in [0.29, 0.717) is 18.4 Å². The lowest BCUT2D eigenvalue weighted by Gasteiger charge is -2.30. The van der Waals surface area contributed by atoms with Gasteiger partial charge in [0.2, 0.25) is 0 Å². The average molecular weight is 313 g/mol. The van der Waals surface area contributed by atoms with Crippen molar-refractivity contribution in [3.05, 3.63) is 28.5 Å². The number of aliphatic hydroxyl groups excluding tert-OH is 1. The van der Waals surface area contributed by atoms with Gasteiger partial charge in [0.15, 0.2) is 0 Å². The number of aliphatic hydroxyl groups is 1. The standard InChI is InChI=1S/C14H21BrN2O/c15-14-7-3-6-13(17-14)9-16-8-11-4-1-2-5-12(11)10-18/h3,6-7,11-12,16,18H,1-2,4-5,8-10H2. The molecule has 2 atom stereocenters. The van der Waals surface area contributed by atoms with Crippen LogP contribution >= 0.6 is 15.9 Å². The summed E-state index contributed by atoms with van der Waals surface area (Å²) >= 11 is 3.38. The molecule has 1 aromatic rings. The quantitative estimate of drug-likeness (QED) is 0.822. The molecule has 0 aromatic carbocycles. The molecule has 1 aliphatic rings. The monoisotopic (exact) mass is 312 g/mol. The molecule has 0 spiro atoms. The third-order valence-corrected chi connectivity index (χ3v) is 4.23. The summed E-state index contributed by atoms with van der Waals surface area (Å²) < 4.78 is 0.882.